The number of hydrogen-bond acceptors (Lipinski definition) is 5. The van der Waals surface area contributed by atoms with Gasteiger partial charge in [0.2, 0.25) is 0 Å². The second-order valence-electron chi connectivity index (χ2n) is 7.14. The Kier molecular flexibility index (Phi) is 5.09. The van der Waals surface area contributed by atoms with Crippen LogP contribution in [0.2, 0.25) is 0 Å². The summed E-state index contributed by atoms with van der Waals surface area (Å²) >= 11 is 0. The molecular weight excluding hydrogens is 340 g/mol. The van der Waals surface area contributed by atoms with Gasteiger partial charge in [0.05, 0.1) is 25.5 Å². The molecule has 3 aromatic rings. The third-order valence-corrected chi connectivity index (χ3v) is 5.36. The zero-order valence-electron chi connectivity index (χ0n) is 16.2. The Hall–Kier alpha value is -2.44. The number of nitrogens with zero attached hydrogens (tertiary/aromatic N) is 4. The lowest BCUT2D eigenvalue weighted by Crippen LogP contribution is -2.37. The molecule has 0 aliphatic carbocycles. The second-order valence-corrected chi connectivity index (χ2v) is 7.14. The molecule has 0 spiro atoms. The Morgan fingerprint density at radius 1 is 1.22 bits per heavy atom. The Balaban J connectivity index is 1.43. The monoisotopic (exact) mass is 366 g/mol. The molecule has 2 aromatic heterocycles. The minimum Gasteiger partial charge on any atom is -0.371 e. The molecule has 6 nitrogen and oxygen atoms in total. The van der Waals surface area contributed by atoms with Crippen molar-refractivity contribution in [3.05, 3.63) is 59.1 Å². The highest BCUT2D eigenvalue weighted by atomic mass is 16.5. The normalized spacial score (nSPS) is 18.1. The Morgan fingerprint density at radius 2 is 2.04 bits per heavy atom. The average molecular weight is 366 g/mol. The van der Waals surface area contributed by atoms with Crippen molar-refractivity contribution < 1.29 is 9.26 Å². The predicted octanol–water partition coefficient (Wildman–Crippen LogP) is 3.52. The molecule has 1 aliphatic rings. The summed E-state index contributed by atoms with van der Waals surface area (Å²) in [5.74, 6) is 0.871. The van der Waals surface area contributed by atoms with Crippen molar-refractivity contribution in [3.8, 4) is 11.3 Å². The molecule has 4 rings (SSSR count). The first-order valence-electron chi connectivity index (χ1n) is 9.51. The van der Waals surface area contributed by atoms with Gasteiger partial charge in [0.25, 0.3) is 0 Å². The molecule has 27 heavy (non-hydrogen) atoms. The van der Waals surface area contributed by atoms with E-state index in [1.165, 1.54) is 11.1 Å². The topological polar surface area (TPSA) is 56.3 Å². The predicted molar refractivity (Wildman–Crippen MR) is 103 cm³/mol. The van der Waals surface area contributed by atoms with Crippen molar-refractivity contribution in [1.82, 2.24) is 19.8 Å². The van der Waals surface area contributed by atoms with Gasteiger partial charge in [0.1, 0.15) is 5.69 Å². The molecule has 0 N–H and O–H groups in total. The van der Waals surface area contributed by atoms with Gasteiger partial charge in [0.15, 0.2) is 5.76 Å². The first-order chi connectivity index (χ1) is 13.1. The molecule has 0 amide bonds. The van der Waals surface area contributed by atoms with E-state index in [2.05, 4.69) is 46.3 Å². The maximum Gasteiger partial charge on any atom is 0.151 e. The molecule has 0 radical (unpaired) electrons. The molecular formula is C21H26N4O2. The van der Waals surface area contributed by atoms with Gasteiger partial charge >= 0.3 is 0 Å². The van der Waals surface area contributed by atoms with Gasteiger partial charge in [0, 0.05) is 37.5 Å². The molecule has 0 unspecified atom stereocenters. The summed E-state index contributed by atoms with van der Waals surface area (Å²) < 4.78 is 13.4. The largest absolute Gasteiger partial charge is 0.371 e. The summed E-state index contributed by atoms with van der Waals surface area (Å²) in [5.41, 5.74) is 5.53. The van der Waals surface area contributed by atoms with E-state index in [1.54, 1.807) is 0 Å². The maximum atomic E-state index is 6.00. The summed E-state index contributed by atoms with van der Waals surface area (Å²) in [4.78, 5) is 2.36. The van der Waals surface area contributed by atoms with Crippen LogP contribution < -0.4 is 0 Å². The van der Waals surface area contributed by atoms with E-state index in [0.717, 1.165) is 55.4 Å². The number of morpholine rings is 1. The van der Waals surface area contributed by atoms with Crippen molar-refractivity contribution in [2.75, 3.05) is 19.7 Å². The van der Waals surface area contributed by atoms with Gasteiger partial charge in [-0.2, -0.15) is 5.10 Å². The number of aryl methyl sites for hydroxylation is 2. The molecule has 0 bridgehead atoms. The average Bonchev–Trinajstić information content (AvgIpc) is 3.29. The molecule has 1 fully saturated rings. The molecule has 142 valence electrons. The van der Waals surface area contributed by atoms with E-state index >= 15 is 0 Å². The van der Waals surface area contributed by atoms with Crippen LogP contribution in [0.4, 0.5) is 0 Å². The lowest BCUT2D eigenvalue weighted by Gasteiger charge is -2.32. The summed E-state index contributed by atoms with van der Waals surface area (Å²) in [5, 5.41) is 8.52. The molecule has 1 aromatic carbocycles. The fourth-order valence-electron chi connectivity index (χ4n) is 3.50. The second kappa shape index (κ2) is 7.66. The van der Waals surface area contributed by atoms with Crippen molar-refractivity contribution in [2.45, 2.75) is 32.9 Å². The molecule has 3 heterocycles. The summed E-state index contributed by atoms with van der Waals surface area (Å²) in [6.07, 6.45) is 3.00. The van der Waals surface area contributed by atoms with Crippen LogP contribution in [0.1, 0.15) is 35.6 Å². The number of benzene rings is 1. The quantitative estimate of drug-likeness (QED) is 0.691. The third-order valence-electron chi connectivity index (χ3n) is 5.36. The Morgan fingerprint density at radius 3 is 2.74 bits per heavy atom. The number of aromatic nitrogens is 3. The van der Waals surface area contributed by atoms with Gasteiger partial charge in [-0.15, -0.1) is 0 Å². The molecule has 6 heteroatoms. The highest BCUT2D eigenvalue weighted by Crippen LogP contribution is 2.26. The summed E-state index contributed by atoms with van der Waals surface area (Å²) in [7, 11) is 1.93. The molecule has 1 atom stereocenters. The zero-order valence-corrected chi connectivity index (χ0v) is 16.2. The van der Waals surface area contributed by atoms with Crippen molar-refractivity contribution in [3.63, 3.8) is 0 Å². The van der Waals surface area contributed by atoms with Crippen molar-refractivity contribution >= 4 is 0 Å². The minimum absolute atomic E-state index is 0.104. The van der Waals surface area contributed by atoms with E-state index in [4.69, 9.17) is 9.26 Å². The number of hydrogen-bond donors (Lipinski definition) is 0. The fraction of sp³-hybridized carbons (Fsp3) is 0.429. The molecule has 1 aliphatic heterocycles. The first-order valence-corrected chi connectivity index (χ1v) is 9.51. The number of ether oxygens (including phenoxy) is 1. The van der Waals surface area contributed by atoms with Gasteiger partial charge in [-0.05, 0) is 24.5 Å². The van der Waals surface area contributed by atoms with E-state index in [-0.39, 0.29) is 6.10 Å². The highest BCUT2D eigenvalue weighted by Gasteiger charge is 2.23. The maximum absolute atomic E-state index is 6.00. The van der Waals surface area contributed by atoms with Crippen LogP contribution in [0, 0.1) is 6.92 Å². The van der Waals surface area contributed by atoms with E-state index in [9.17, 15) is 0 Å². The van der Waals surface area contributed by atoms with Gasteiger partial charge in [-0.25, -0.2) is 0 Å². The van der Waals surface area contributed by atoms with Crippen LogP contribution in [0.15, 0.2) is 41.1 Å². The van der Waals surface area contributed by atoms with Gasteiger partial charge in [-0.3, -0.25) is 9.58 Å². The van der Waals surface area contributed by atoms with Crippen LogP contribution in [-0.4, -0.2) is 39.5 Å². The van der Waals surface area contributed by atoms with Crippen LogP contribution in [0.5, 0.6) is 0 Å². The number of rotatable bonds is 5. The summed E-state index contributed by atoms with van der Waals surface area (Å²) in [6, 6.07) is 10.8. The van der Waals surface area contributed by atoms with E-state index < -0.39 is 0 Å². The third kappa shape index (κ3) is 3.82. The van der Waals surface area contributed by atoms with Crippen molar-refractivity contribution in [1.29, 1.82) is 0 Å². The smallest absolute Gasteiger partial charge is 0.151 e. The first kappa shape index (κ1) is 17.9. The van der Waals surface area contributed by atoms with Crippen LogP contribution in [-0.2, 0) is 24.8 Å². The molecule has 0 saturated carbocycles. The zero-order chi connectivity index (χ0) is 18.8. The minimum atomic E-state index is 0.104. The van der Waals surface area contributed by atoms with Crippen LogP contribution in [0.25, 0.3) is 11.3 Å². The SMILES string of the molecule is CCc1ccc([C@H]2CN(Cc3cc(-c4cnn(C)c4C)no3)CCO2)cc1. The van der Waals surface area contributed by atoms with E-state index in [0.29, 0.717) is 0 Å². The highest BCUT2D eigenvalue weighted by molar-refractivity contribution is 5.60. The van der Waals surface area contributed by atoms with Crippen molar-refractivity contribution in [2.24, 2.45) is 7.05 Å². The van der Waals surface area contributed by atoms with Gasteiger partial charge < -0.3 is 9.26 Å². The molecule has 1 saturated heterocycles. The van der Waals surface area contributed by atoms with Gasteiger partial charge in [-0.1, -0.05) is 36.3 Å². The van der Waals surface area contributed by atoms with E-state index in [1.807, 2.05) is 30.9 Å². The van der Waals surface area contributed by atoms with Crippen LogP contribution >= 0.6 is 0 Å². The summed E-state index contributed by atoms with van der Waals surface area (Å²) in [6.45, 7) is 7.42. The fourth-order valence-corrected chi connectivity index (χ4v) is 3.50. The lowest BCUT2D eigenvalue weighted by atomic mass is 10.0. The van der Waals surface area contributed by atoms with Crippen LogP contribution in [0.3, 0.4) is 0 Å². The Bertz CT molecular complexity index is 897. The Labute approximate surface area is 159 Å². The standard InChI is InChI=1S/C21H26N4O2/c1-4-16-5-7-17(8-6-16)21-14-25(9-10-26-21)13-18-11-20(23-27-18)19-12-22-24(3)15(19)2/h5-8,11-12,21H,4,9-10,13-14H2,1-3H3/t21-/m1/s1. The lowest BCUT2D eigenvalue weighted by molar-refractivity contribution is -0.0351.